The summed E-state index contributed by atoms with van der Waals surface area (Å²) >= 11 is 0. The third kappa shape index (κ3) is 2.56. The van der Waals surface area contributed by atoms with Crippen LogP contribution in [0.15, 0.2) is 23.1 Å². The predicted molar refractivity (Wildman–Crippen MR) is 68.7 cm³/mol. The van der Waals surface area contributed by atoms with Crippen molar-refractivity contribution in [1.82, 2.24) is 9.62 Å². The molecule has 1 N–H and O–H groups in total. The van der Waals surface area contributed by atoms with Crippen molar-refractivity contribution in [2.24, 2.45) is 0 Å². The van der Waals surface area contributed by atoms with Gasteiger partial charge in [-0.25, -0.2) is 8.42 Å². The fourth-order valence-corrected chi connectivity index (χ4v) is 3.16. The van der Waals surface area contributed by atoms with Gasteiger partial charge in [0.05, 0.1) is 11.5 Å². The number of ether oxygens (including phenoxy) is 1. The van der Waals surface area contributed by atoms with E-state index in [1.54, 1.807) is 26.3 Å². The molecule has 1 aromatic carbocycles. The van der Waals surface area contributed by atoms with Crippen LogP contribution in [0.1, 0.15) is 11.1 Å². The minimum atomic E-state index is -3.41. The summed E-state index contributed by atoms with van der Waals surface area (Å²) < 4.78 is 30.8. The number of methoxy groups -OCH3 is 1. The van der Waals surface area contributed by atoms with E-state index in [1.165, 1.54) is 9.87 Å². The number of likely N-dealkylation sites (N-methyl/N-ethyl adjacent to an activating group) is 1. The Kier molecular flexibility index (Phi) is 4.01. The lowest BCUT2D eigenvalue weighted by molar-refractivity contribution is 0.185. The number of benzene rings is 1. The maximum Gasteiger partial charge on any atom is 0.242 e. The Morgan fingerprint density at radius 2 is 2.06 bits per heavy atom. The molecule has 18 heavy (non-hydrogen) atoms. The lowest BCUT2D eigenvalue weighted by Gasteiger charge is -2.17. The van der Waals surface area contributed by atoms with Crippen LogP contribution in [-0.4, -0.2) is 40.0 Å². The number of nitrogens with one attached hydrogen (secondary N) is 1. The van der Waals surface area contributed by atoms with Gasteiger partial charge in [-0.1, -0.05) is 6.07 Å². The van der Waals surface area contributed by atoms with Crippen LogP contribution in [0.5, 0.6) is 0 Å². The van der Waals surface area contributed by atoms with Crippen molar-refractivity contribution in [3.63, 3.8) is 0 Å². The highest BCUT2D eigenvalue weighted by Crippen LogP contribution is 2.21. The highest BCUT2D eigenvalue weighted by Gasteiger charge is 2.22. The van der Waals surface area contributed by atoms with Crippen molar-refractivity contribution >= 4 is 10.0 Å². The molecule has 0 amide bonds. The van der Waals surface area contributed by atoms with E-state index in [0.717, 1.165) is 18.7 Å². The molecule has 0 radical (unpaired) electrons. The molecule has 0 saturated heterocycles. The maximum atomic E-state index is 12.3. The molecule has 2 rings (SSSR count). The molecule has 0 unspecified atom stereocenters. The molecule has 1 aliphatic rings. The average molecular weight is 270 g/mol. The third-order valence-electron chi connectivity index (χ3n) is 3.13. The number of sulfonamides is 1. The van der Waals surface area contributed by atoms with Gasteiger partial charge in [-0.05, 0) is 23.3 Å². The first-order chi connectivity index (χ1) is 8.55. The first kappa shape index (κ1) is 13.5. The highest BCUT2D eigenvalue weighted by molar-refractivity contribution is 7.89. The molecule has 0 spiro atoms. The average Bonchev–Trinajstić information content (AvgIpc) is 2.82. The summed E-state index contributed by atoms with van der Waals surface area (Å²) in [7, 11) is -0.281. The zero-order valence-electron chi connectivity index (χ0n) is 10.6. The van der Waals surface area contributed by atoms with Crippen LogP contribution < -0.4 is 5.32 Å². The summed E-state index contributed by atoms with van der Waals surface area (Å²) in [6.07, 6.45) is 0. The first-order valence-corrected chi connectivity index (χ1v) is 7.27. The van der Waals surface area contributed by atoms with Crippen molar-refractivity contribution in [2.75, 3.05) is 27.3 Å². The Hall–Kier alpha value is -0.950. The molecule has 1 aliphatic heterocycles. The van der Waals surface area contributed by atoms with Crippen LogP contribution in [0.25, 0.3) is 0 Å². The topological polar surface area (TPSA) is 58.6 Å². The number of rotatable bonds is 5. The molecule has 0 saturated carbocycles. The van der Waals surface area contributed by atoms with E-state index < -0.39 is 10.0 Å². The fourth-order valence-electron chi connectivity index (χ4n) is 1.95. The van der Waals surface area contributed by atoms with Gasteiger partial charge in [0.1, 0.15) is 0 Å². The molecule has 100 valence electrons. The normalized spacial score (nSPS) is 15.1. The largest absolute Gasteiger partial charge is 0.383 e. The molecule has 6 heteroatoms. The number of nitrogens with zero attached hydrogens (tertiary/aromatic N) is 1. The quantitative estimate of drug-likeness (QED) is 0.849. The van der Waals surface area contributed by atoms with Gasteiger partial charge < -0.3 is 10.1 Å². The zero-order valence-corrected chi connectivity index (χ0v) is 11.5. The SMILES string of the molecule is COCCN(C)S(=O)(=O)c1ccc2c(c1)CNC2. The molecule has 1 aromatic rings. The lowest BCUT2D eigenvalue weighted by atomic mass is 10.1. The Morgan fingerprint density at radius 1 is 1.33 bits per heavy atom. The van der Waals surface area contributed by atoms with Gasteiger partial charge in [0.25, 0.3) is 0 Å². The van der Waals surface area contributed by atoms with Crippen molar-refractivity contribution in [3.05, 3.63) is 29.3 Å². The summed E-state index contributed by atoms with van der Waals surface area (Å²) in [4.78, 5) is 0.351. The van der Waals surface area contributed by atoms with Gasteiger partial charge in [0, 0.05) is 33.8 Å². The van der Waals surface area contributed by atoms with Crippen molar-refractivity contribution < 1.29 is 13.2 Å². The molecular formula is C12H18N2O3S. The molecule has 5 nitrogen and oxygen atoms in total. The molecule has 1 heterocycles. The van der Waals surface area contributed by atoms with Gasteiger partial charge in [-0.2, -0.15) is 4.31 Å². The van der Waals surface area contributed by atoms with Crippen LogP contribution in [-0.2, 0) is 27.8 Å². The van der Waals surface area contributed by atoms with Crippen molar-refractivity contribution in [2.45, 2.75) is 18.0 Å². The number of hydrogen-bond donors (Lipinski definition) is 1. The number of fused-ring (bicyclic) bond motifs is 1. The van der Waals surface area contributed by atoms with Gasteiger partial charge in [0.2, 0.25) is 10.0 Å². The molecule has 0 atom stereocenters. The standard InChI is InChI=1S/C12H18N2O3S/c1-14(5-6-17-2)18(15,16)12-4-3-10-8-13-9-11(10)7-12/h3-4,7,13H,5-6,8-9H2,1-2H3. The van der Waals surface area contributed by atoms with E-state index in [1.807, 2.05) is 6.07 Å². The summed E-state index contributed by atoms with van der Waals surface area (Å²) in [5, 5.41) is 3.20. The van der Waals surface area contributed by atoms with Gasteiger partial charge in [0.15, 0.2) is 0 Å². The molecule has 0 bridgehead atoms. The van der Waals surface area contributed by atoms with Gasteiger partial charge >= 0.3 is 0 Å². The zero-order chi connectivity index (χ0) is 13.2. The first-order valence-electron chi connectivity index (χ1n) is 5.83. The summed E-state index contributed by atoms with van der Waals surface area (Å²) in [6, 6.07) is 5.31. The second-order valence-corrected chi connectivity index (χ2v) is 6.40. The monoisotopic (exact) mass is 270 g/mol. The number of hydrogen-bond acceptors (Lipinski definition) is 4. The molecular weight excluding hydrogens is 252 g/mol. The predicted octanol–water partition coefficient (Wildman–Crippen LogP) is 0.557. The molecule has 0 aromatic heterocycles. The maximum absolute atomic E-state index is 12.3. The second-order valence-electron chi connectivity index (χ2n) is 4.35. The van der Waals surface area contributed by atoms with Gasteiger partial charge in [-0.15, -0.1) is 0 Å². The van der Waals surface area contributed by atoms with E-state index in [-0.39, 0.29) is 0 Å². The minimum Gasteiger partial charge on any atom is -0.383 e. The highest BCUT2D eigenvalue weighted by atomic mass is 32.2. The van der Waals surface area contributed by atoms with Gasteiger partial charge in [-0.3, -0.25) is 0 Å². The summed E-state index contributed by atoms with van der Waals surface area (Å²) in [5.74, 6) is 0. The Bertz CT molecular complexity index is 528. The van der Waals surface area contributed by atoms with Crippen LogP contribution in [0.2, 0.25) is 0 Å². The van der Waals surface area contributed by atoms with Crippen LogP contribution >= 0.6 is 0 Å². The molecule has 0 aliphatic carbocycles. The van der Waals surface area contributed by atoms with E-state index in [9.17, 15) is 8.42 Å². The van der Waals surface area contributed by atoms with E-state index in [4.69, 9.17) is 4.74 Å². The Labute approximate surface area is 108 Å². The third-order valence-corrected chi connectivity index (χ3v) is 4.98. The minimum absolute atomic E-state index is 0.351. The van der Waals surface area contributed by atoms with Crippen LogP contribution in [0, 0.1) is 0 Å². The van der Waals surface area contributed by atoms with Crippen LogP contribution in [0.3, 0.4) is 0 Å². The smallest absolute Gasteiger partial charge is 0.242 e. The van der Waals surface area contributed by atoms with Crippen molar-refractivity contribution in [1.29, 1.82) is 0 Å². The Balaban J connectivity index is 2.24. The van der Waals surface area contributed by atoms with Crippen LogP contribution in [0.4, 0.5) is 0 Å². The van der Waals surface area contributed by atoms with E-state index in [2.05, 4.69) is 5.32 Å². The molecule has 0 fully saturated rings. The second kappa shape index (κ2) is 5.36. The van der Waals surface area contributed by atoms with Crippen molar-refractivity contribution in [3.8, 4) is 0 Å². The Morgan fingerprint density at radius 3 is 2.78 bits per heavy atom. The summed E-state index contributed by atoms with van der Waals surface area (Å²) in [6.45, 7) is 2.30. The fraction of sp³-hybridized carbons (Fsp3) is 0.500. The van der Waals surface area contributed by atoms with E-state index >= 15 is 0 Å². The summed E-state index contributed by atoms with van der Waals surface area (Å²) in [5.41, 5.74) is 2.24. The van der Waals surface area contributed by atoms with E-state index in [0.29, 0.717) is 18.0 Å². The lowest BCUT2D eigenvalue weighted by Crippen LogP contribution is -2.30.